The van der Waals surface area contributed by atoms with Crippen LogP contribution in [0.2, 0.25) is 0 Å². The Morgan fingerprint density at radius 2 is 1.76 bits per heavy atom. The van der Waals surface area contributed by atoms with Gasteiger partial charge in [0.1, 0.15) is 5.82 Å². The Kier molecular flexibility index (Phi) is 5.28. The second kappa shape index (κ2) is 7.87. The minimum absolute atomic E-state index is 0.0817. The van der Waals surface area contributed by atoms with E-state index in [9.17, 15) is 9.59 Å². The summed E-state index contributed by atoms with van der Waals surface area (Å²) in [5.74, 6) is 0.908. The maximum absolute atomic E-state index is 13.0. The third-order valence-corrected chi connectivity index (χ3v) is 6.56. The summed E-state index contributed by atoms with van der Waals surface area (Å²) in [7, 11) is 1.85. The molecule has 0 spiro atoms. The monoisotopic (exact) mass is 405 g/mol. The van der Waals surface area contributed by atoms with Crippen LogP contribution in [0.3, 0.4) is 0 Å². The van der Waals surface area contributed by atoms with Crippen molar-refractivity contribution in [3.05, 3.63) is 86.7 Å². The number of carbonyl (C=O) groups is 1. The molecule has 5 nitrogen and oxygen atoms in total. The highest BCUT2D eigenvalue weighted by Gasteiger charge is 2.32. The number of benzene rings is 2. The van der Waals surface area contributed by atoms with E-state index in [4.69, 9.17) is 0 Å². The largest absolute Gasteiger partial charge is 0.312 e. The molecule has 0 bridgehead atoms. The summed E-state index contributed by atoms with van der Waals surface area (Å²) in [4.78, 5) is 29.9. The fourth-order valence-electron chi connectivity index (χ4n) is 3.82. The molecule has 1 amide bonds. The number of aryl methyl sites for hydroxylation is 2. The molecule has 1 unspecified atom stereocenters. The van der Waals surface area contributed by atoms with Crippen LogP contribution in [-0.4, -0.2) is 15.5 Å². The predicted molar refractivity (Wildman–Crippen MR) is 116 cm³/mol. The normalized spacial score (nSPS) is 15.7. The molecule has 1 aliphatic rings. The van der Waals surface area contributed by atoms with Gasteiger partial charge in [0.05, 0.1) is 5.56 Å². The molecule has 1 atom stereocenters. The molecule has 6 heteroatoms. The van der Waals surface area contributed by atoms with Crippen LogP contribution in [0.5, 0.6) is 0 Å². The van der Waals surface area contributed by atoms with Crippen LogP contribution < -0.4 is 10.9 Å². The predicted octanol–water partition coefficient (Wildman–Crippen LogP) is 4.16. The highest BCUT2D eigenvalue weighted by atomic mass is 32.2. The van der Waals surface area contributed by atoms with Crippen molar-refractivity contribution in [1.29, 1.82) is 0 Å². The van der Waals surface area contributed by atoms with Crippen molar-refractivity contribution in [1.82, 2.24) is 9.55 Å². The summed E-state index contributed by atoms with van der Waals surface area (Å²) in [6.45, 7) is 4.08. The van der Waals surface area contributed by atoms with E-state index in [1.807, 2.05) is 54.9 Å². The molecule has 0 saturated carbocycles. The highest BCUT2D eigenvalue weighted by Crippen LogP contribution is 2.37. The number of nitrogens with one attached hydrogen (secondary N) is 1. The quantitative estimate of drug-likeness (QED) is 0.523. The van der Waals surface area contributed by atoms with E-state index in [1.54, 1.807) is 0 Å². The molecule has 0 saturated heterocycles. The van der Waals surface area contributed by atoms with Crippen molar-refractivity contribution in [2.75, 3.05) is 5.32 Å². The van der Waals surface area contributed by atoms with Gasteiger partial charge in [0.2, 0.25) is 5.91 Å². The van der Waals surface area contributed by atoms with Crippen LogP contribution in [-0.2, 0) is 17.6 Å². The van der Waals surface area contributed by atoms with Gasteiger partial charge in [-0.25, -0.2) is 0 Å². The molecule has 0 fully saturated rings. The van der Waals surface area contributed by atoms with Gasteiger partial charge in [0.15, 0.2) is 5.16 Å². The lowest BCUT2D eigenvalue weighted by molar-refractivity contribution is -0.116. The number of hydrogen-bond donors (Lipinski definition) is 1. The molecule has 0 aliphatic carbocycles. The van der Waals surface area contributed by atoms with E-state index >= 15 is 0 Å². The zero-order chi connectivity index (χ0) is 20.5. The van der Waals surface area contributed by atoms with E-state index in [0.717, 1.165) is 11.1 Å². The van der Waals surface area contributed by atoms with Gasteiger partial charge in [-0.3, -0.25) is 9.59 Å². The molecule has 4 rings (SSSR count). The van der Waals surface area contributed by atoms with Crippen LogP contribution >= 0.6 is 11.8 Å². The molecule has 3 aromatic rings. The lowest BCUT2D eigenvalue weighted by Gasteiger charge is -2.28. The van der Waals surface area contributed by atoms with Crippen molar-refractivity contribution in [2.24, 2.45) is 7.05 Å². The molecule has 1 N–H and O–H groups in total. The molecule has 1 aliphatic heterocycles. The van der Waals surface area contributed by atoms with Crippen molar-refractivity contribution in [3.63, 3.8) is 0 Å². The Hall–Kier alpha value is -2.86. The van der Waals surface area contributed by atoms with Crippen molar-refractivity contribution in [2.45, 2.75) is 37.1 Å². The number of amides is 1. The van der Waals surface area contributed by atoms with Crippen LogP contribution in [0.4, 0.5) is 5.82 Å². The van der Waals surface area contributed by atoms with Gasteiger partial charge >= 0.3 is 0 Å². The van der Waals surface area contributed by atoms with Crippen LogP contribution in [0, 0.1) is 13.8 Å². The van der Waals surface area contributed by atoms with Crippen molar-refractivity contribution in [3.8, 4) is 0 Å². The molecular weight excluding hydrogens is 382 g/mol. The number of rotatable bonds is 4. The summed E-state index contributed by atoms with van der Waals surface area (Å²) in [5, 5.41) is 3.51. The molecule has 29 heavy (non-hydrogen) atoms. The Morgan fingerprint density at radius 1 is 1.07 bits per heavy atom. The van der Waals surface area contributed by atoms with E-state index in [0.29, 0.717) is 22.3 Å². The van der Waals surface area contributed by atoms with Gasteiger partial charge in [-0.2, -0.15) is 4.98 Å². The number of nitrogens with zero attached hydrogens (tertiary/aromatic N) is 2. The summed E-state index contributed by atoms with van der Waals surface area (Å²) >= 11 is 1.50. The molecule has 2 aromatic carbocycles. The second-order valence-corrected chi connectivity index (χ2v) is 8.34. The zero-order valence-corrected chi connectivity index (χ0v) is 17.5. The average molecular weight is 406 g/mol. The summed E-state index contributed by atoms with van der Waals surface area (Å²) in [6.07, 6.45) is 0.254. The van der Waals surface area contributed by atoms with E-state index in [2.05, 4.69) is 29.4 Å². The number of fused-ring (bicyclic) bond motifs is 1. The summed E-state index contributed by atoms with van der Waals surface area (Å²) in [6, 6.07) is 16.1. The topological polar surface area (TPSA) is 64.0 Å². The molecule has 2 heterocycles. The average Bonchev–Trinajstić information content (AvgIpc) is 2.70. The van der Waals surface area contributed by atoms with Gasteiger partial charge in [-0.1, -0.05) is 60.3 Å². The number of thioether (sulfide) groups is 1. The Bertz CT molecular complexity index is 1150. The lowest BCUT2D eigenvalue weighted by atomic mass is 9.84. The van der Waals surface area contributed by atoms with E-state index in [-0.39, 0.29) is 23.8 Å². The third kappa shape index (κ3) is 3.72. The Balaban J connectivity index is 1.75. The van der Waals surface area contributed by atoms with Gasteiger partial charge in [-0.15, -0.1) is 0 Å². The smallest absolute Gasteiger partial charge is 0.279 e. The van der Waals surface area contributed by atoms with E-state index < -0.39 is 0 Å². The van der Waals surface area contributed by atoms with Gasteiger partial charge in [0, 0.05) is 25.1 Å². The maximum atomic E-state index is 13.0. The fraction of sp³-hybridized carbons (Fsp3) is 0.261. The fourth-order valence-corrected chi connectivity index (χ4v) is 4.86. The van der Waals surface area contributed by atoms with E-state index in [1.165, 1.54) is 22.9 Å². The molecule has 148 valence electrons. The highest BCUT2D eigenvalue weighted by molar-refractivity contribution is 7.98. The van der Waals surface area contributed by atoms with Crippen LogP contribution in [0.1, 0.15) is 40.2 Å². The summed E-state index contributed by atoms with van der Waals surface area (Å²) < 4.78 is 1.84. The first-order valence-electron chi connectivity index (χ1n) is 9.59. The minimum atomic E-state index is -0.276. The van der Waals surface area contributed by atoms with Crippen molar-refractivity contribution < 1.29 is 4.79 Å². The van der Waals surface area contributed by atoms with Crippen molar-refractivity contribution >= 4 is 23.5 Å². The third-order valence-electron chi connectivity index (χ3n) is 5.48. The second-order valence-electron chi connectivity index (χ2n) is 7.40. The number of hydrogen-bond acceptors (Lipinski definition) is 4. The van der Waals surface area contributed by atoms with Gasteiger partial charge in [-0.05, 0) is 36.1 Å². The Labute approximate surface area is 174 Å². The lowest BCUT2D eigenvalue weighted by Crippen LogP contribution is -2.33. The standard InChI is InChI=1S/C23H23N3O2S/c1-14-8-4-6-10-16(14)13-29-23-25-22(28)20-18(17-11-7-5-9-15(17)2)12-19(27)24-21(20)26(23)3/h4-11,18H,12-13H2,1-3H3,(H,24,27). The molecule has 0 radical (unpaired) electrons. The minimum Gasteiger partial charge on any atom is -0.312 e. The number of carbonyl (C=O) groups excluding carboxylic acids is 1. The Morgan fingerprint density at radius 3 is 2.48 bits per heavy atom. The number of anilines is 1. The summed E-state index contributed by atoms with van der Waals surface area (Å²) in [5.41, 5.74) is 4.78. The molecular formula is C23H23N3O2S. The first-order valence-corrected chi connectivity index (χ1v) is 10.6. The number of aromatic nitrogens is 2. The van der Waals surface area contributed by atoms with Crippen LogP contribution in [0.15, 0.2) is 58.5 Å². The first-order chi connectivity index (χ1) is 14.0. The van der Waals surface area contributed by atoms with Gasteiger partial charge in [0.25, 0.3) is 5.56 Å². The maximum Gasteiger partial charge on any atom is 0.279 e. The van der Waals surface area contributed by atoms with Crippen LogP contribution in [0.25, 0.3) is 0 Å². The SMILES string of the molecule is Cc1ccccc1CSc1nc(=O)c2c(n1C)NC(=O)CC2c1ccccc1C. The first kappa shape index (κ1) is 19.5. The molecule has 1 aromatic heterocycles. The van der Waals surface area contributed by atoms with Gasteiger partial charge < -0.3 is 9.88 Å². The zero-order valence-electron chi connectivity index (χ0n) is 16.7.